The number of rotatable bonds is 6. The van der Waals surface area contributed by atoms with Gasteiger partial charge in [0, 0.05) is 18.0 Å². The van der Waals surface area contributed by atoms with Gasteiger partial charge in [0.15, 0.2) is 5.41 Å². The first-order valence-corrected chi connectivity index (χ1v) is 11.1. The summed E-state index contributed by atoms with van der Waals surface area (Å²) < 4.78 is 64.2. The Morgan fingerprint density at radius 1 is 1.21 bits per heavy atom. The average molecular weight is 448 g/mol. The van der Waals surface area contributed by atoms with Gasteiger partial charge >= 0.3 is 6.18 Å². The second-order valence-electron chi connectivity index (χ2n) is 6.97. The van der Waals surface area contributed by atoms with Gasteiger partial charge in [0.05, 0.1) is 6.54 Å². The Morgan fingerprint density at radius 3 is 2.48 bits per heavy atom. The number of hydrogen-bond donors (Lipinski definition) is 2. The van der Waals surface area contributed by atoms with Crippen LogP contribution >= 0.6 is 11.3 Å². The molecule has 29 heavy (non-hydrogen) atoms. The molecule has 2 aromatic rings. The van der Waals surface area contributed by atoms with Crippen LogP contribution in [0.4, 0.5) is 13.2 Å². The minimum Gasteiger partial charge on any atom is -0.350 e. The van der Waals surface area contributed by atoms with Crippen molar-refractivity contribution in [1.29, 1.82) is 0 Å². The zero-order valence-electron chi connectivity index (χ0n) is 15.3. The Hall–Kier alpha value is -1.95. The van der Waals surface area contributed by atoms with Crippen LogP contribution in [0.5, 0.6) is 0 Å². The lowest BCUT2D eigenvalue weighted by Crippen LogP contribution is -2.52. The van der Waals surface area contributed by atoms with Crippen LogP contribution in [0.1, 0.15) is 16.9 Å². The molecule has 0 spiro atoms. The molecule has 158 valence electrons. The maximum atomic E-state index is 13.9. The number of nitrogens with one attached hydrogen (secondary N) is 1. The van der Waals surface area contributed by atoms with Gasteiger partial charge in [-0.25, -0.2) is 13.6 Å². The number of sulfonamides is 1. The van der Waals surface area contributed by atoms with Gasteiger partial charge in [0.1, 0.15) is 4.21 Å². The first kappa shape index (κ1) is 21.8. The zero-order chi connectivity index (χ0) is 21.3. The largest absolute Gasteiger partial charge is 0.404 e. The zero-order valence-corrected chi connectivity index (χ0v) is 16.9. The number of carbonyl (C=O) groups is 1. The molecule has 11 heteroatoms. The summed E-state index contributed by atoms with van der Waals surface area (Å²) in [6.45, 7) is -0.148. The van der Waals surface area contributed by atoms with Gasteiger partial charge in [-0.1, -0.05) is 30.3 Å². The normalized spacial score (nSPS) is 20.7. The predicted molar refractivity (Wildman–Crippen MR) is 102 cm³/mol. The first-order valence-electron chi connectivity index (χ1n) is 8.74. The van der Waals surface area contributed by atoms with Crippen molar-refractivity contribution >= 4 is 27.3 Å². The molecule has 1 aliphatic rings. The molecule has 6 nitrogen and oxygen atoms in total. The van der Waals surface area contributed by atoms with Crippen LogP contribution in [0.25, 0.3) is 0 Å². The van der Waals surface area contributed by atoms with E-state index in [4.69, 9.17) is 5.14 Å². The van der Waals surface area contributed by atoms with Gasteiger partial charge in [-0.3, -0.25) is 9.69 Å². The standard InChI is InChI=1S/C18H20F3N3O3S2/c19-18(20,21)17(8-9-24(12-17)11-13-4-2-1-3-5-13)16(25)23-10-14-6-7-15(28-14)29(22,26)27/h1-7H,8-12H2,(H,23,25)(H2,22,26,27). The van der Waals surface area contributed by atoms with Crippen molar-refractivity contribution in [3.05, 3.63) is 52.9 Å². The van der Waals surface area contributed by atoms with Crippen LogP contribution in [0.15, 0.2) is 46.7 Å². The summed E-state index contributed by atoms with van der Waals surface area (Å²) in [7, 11) is -3.89. The number of nitrogens with zero attached hydrogens (tertiary/aromatic N) is 1. The Morgan fingerprint density at radius 2 is 1.90 bits per heavy atom. The lowest BCUT2D eigenvalue weighted by molar-refractivity contribution is -0.218. The molecule has 0 aliphatic carbocycles. The Balaban J connectivity index is 1.70. The summed E-state index contributed by atoms with van der Waals surface area (Å²) in [5, 5.41) is 7.35. The quantitative estimate of drug-likeness (QED) is 0.712. The molecule has 1 aromatic carbocycles. The Bertz CT molecular complexity index is 977. The Labute approximate surface area is 170 Å². The van der Waals surface area contributed by atoms with E-state index < -0.39 is 34.1 Å². The third-order valence-corrected chi connectivity index (χ3v) is 7.44. The lowest BCUT2D eigenvalue weighted by Gasteiger charge is -2.30. The van der Waals surface area contributed by atoms with Crippen molar-refractivity contribution in [2.75, 3.05) is 13.1 Å². The summed E-state index contributed by atoms with van der Waals surface area (Å²) in [6, 6.07) is 11.8. The van der Waals surface area contributed by atoms with E-state index in [1.165, 1.54) is 12.1 Å². The van der Waals surface area contributed by atoms with Crippen LogP contribution in [0.2, 0.25) is 0 Å². The van der Waals surface area contributed by atoms with E-state index in [0.29, 0.717) is 11.4 Å². The number of halogens is 3. The highest BCUT2D eigenvalue weighted by Crippen LogP contribution is 2.46. The van der Waals surface area contributed by atoms with Gasteiger partial charge in [-0.2, -0.15) is 13.2 Å². The predicted octanol–water partition coefficient (Wildman–Crippen LogP) is 2.47. The molecule has 3 N–H and O–H groups in total. The van der Waals surface area contributed by atoms with Crippen molar-refractivity contribution in [3.63, 3.8) is 0 Å². The fourth-order valence-electron chi connectivity index (χ4n) is 3.35. The summed E-state index contributed by atoms with van der Waals surface area (Å²) in [4.78, 5) is 14.6. The van der Waals surface area contributed by atoms with E-state index >= 15 is 0 Å². The maximum absolute atomic E-state index is 13.9. The molecule has 1 aromatic heterocycles. The molecule has 1 fully saturated rings. The molecule has 1 aliphatic heterocycles. The van der Waals surface area contributed by atoms with Crippen LogP contribution in [0.3, 0.4) is 0 Å². The number of primary sulfonamides is 1. The fourth-order valence-corrected chi connectivity index (χ4v) is 5.07. The second-order valence-corrected chi connectivity index (χ2v) is 9.93. The minimum absolute atomic E-state index is 0.109. The molecule has 3 rings (SSSR count). The molecule has 1 amide bonds. The van der Waals surface area contributed by atoms with E-state index in [0.717, 1.165) is 16.9 Å². The van der Waals surface area contributed by atoms with Crippen LogP contribution in [-0.2, 0) is 27.9 Å². The second kappa shape index (κ2) is 8.05. The number of thiophene rings is 1. The van der Waals surface area contributed by atoms with Crippen LogP contribution in [-0.4, -0.2) is 38.5 Å². The number of carbonyl (C=O) groups excluding carboxylic acids is 1. The maximum Gasteiger partial charge on any atom is 0.404 e. The van der Waals surface area contributed by atoms with E-state index in [1.54, 1.807) is 4.90 Å². The van der Waals surface area contributed by atoms with Crippen molar-refractivity contribution in [2.24, 2.45) is 10.6 Å². The smallest absolute Gasteiger partial charge is 0.350 e. The Kier molecular flexibility index (Phi) is 6.04. The van der Waals surface area contributed by atoms with Crippen LogP contribution < -0.4 is 10.5 Å². The summed E-state index contributed by atoms with van der Waals surface area (Å²) in [5.41, 5.74) is -1.62. The highest BCUT2D eigenvalue weighted by molar-refractivity contribution is 7.91. The van der Waals surface area contributed by atoms with Crippen LogP contribution in [0, 0.1) is 5.41 Å². The van der Waals surface area contributed by atoms with Crippen molar-refractivity contribution in [1.82, 2.24) is 10.2 Å². The van der Waals surface area contributed by atoms with E-state index in [1.807, 2.05) is 30.3 Å². The first-order chi connectivity index (χ1) is 13.5. The lowest BCUT2D eigenvalue weighted by atomic mass is 9.85. The average Bonchev–Trinajstić information content (AvgIpc) is 3.27. The van der Waals surface area contributed by atoms with Gasteiger partial charge in [-0.15, -0.1) is 11.3 Å². The molecule has 0 radical (unpaired) electrons. The van der Waals surface area contributed by atoms with E-state index in [9.17, 15) is 26.4 Å². The number of amides is 1. The number of hydrogen-bond acceptors (Lipinski definition) is 5. The van der Waals surface area contributed by atoms with E-state index in [2.05, 4.69) is 5.32 Å². The molecule has 2 heterocycles. The summed E-state index contributed by atoms with van der Waals surface area (Å²) >= 11 is 0.814. The third-order valence-electron chi connectivity index (χ3n) is 4.92. The van der Waals surface area contributed by atoms with Gasteiger partial charge in [-0.05, 0) is 30.7 Å². The van der Waals surface area contributed by atoms with Crippen molar-refractivity contribution in [2.45, 2.75) is 29.9 Å². The minimum atomic E-state index is -4.70. The van der Waals surface area contributed by atoms with Gasteiger partial charge < -0.3 is 5.32 Å². The van der Waals surface area contributed by atoms with Crippen molar-refractivity contribution < 1.29 is 26.4 Å². The fraction of sp³-hybridized carbons (Fsp3) is 0.389. The molecule has 0 saturated carbocycles. The molecule has 1 unspecified atom stereocenters. The molecule has 1 saturated heterocycles. The van der Waals surface area contributed by atoms with Crippen molar-refractivity contribution in [3.8, 4) is 0 Å². The van der Waals surface area contributed by atoms with E-state index in [-0.39, 0.29) is 23.7 Å². The summed E-state index contributed by atoms with van der Waals surface area (Å²) in [6.07, 6.45) is -5.04. The third kappa shape index (κ3) is 4.80. The molecule has 1 atom stereocenters. The number of benzene rings is 1. The number of alkyl halides is 3. The number of likely N-dealkylation sites (tertiary alicyclic amines) is 1. The topological polar surface area (TPSA) is 92.5 Å². The molecule has 0 bridgehead atoms. The molecular weight excluding hydrogens is 427 g/mol. The molecular formula is C18H20F3N3O3S2. The highest BCUT2D eigenvalue weighted by Gasteiger charge is 2.62. The van der Waals surface area contributed by atoms with Gasteiger partial charge in [0.25, 0.3) is 0 Å². The number of nitrogens with two attached hydrogens (primary N) is 1. The summed E-state index contributed by atoms with van der Waals surface area (Å²) in [5.74, 6) is -1.11. The highest BCUT2D eigenvalue weighted by atomic mass is 32.2. The SMILES string of the molecule is NS(=O)(=O)c1ccc(CNC(=O)C2(C(F)(F)F)CCN(Cc3ccccc3)C2)s1. The monoisotopic (exact) mass is 447 g/mol. The van der Waals surface area contributed by atoms with Gasteiger partial charge in [0.2, 0.25) is 15.9 Å².